The van der Waals surface area contributed by atoms with Crippen molar-refractivity contribution in [1.82, 2.24) is 14.8 Å². The van der Waals surface area contributed by atoms with E-state index in [1.165, 1.54) is 0 Å². The van der Waals surface area contributed by atoms with E-state index in [4.69, 9.17) is 14.8 Å². The maximum atomic E-state index is 11.4. The third-order valence-electron chi connectivity index (χ3n) is 4.44. The van der Waals surface area contributed by atoms with Crippen LogP contribution in [0.15, 0.2) is 48.5 Å². The first-order valence-electron chi connectivity index (χ1n) is 8.37. The highest BCUT2D eigenvalue weighted by Crippen LogP contribution is 2.40. The van der Waals surface area contributed by atoms with Gasteiger partial charge in [-0.05, 0) is 43.2 Å². The van der Waals surface area contributed by atoms with Gasteiger partial charge >= 0.3 is 0 Å². The van der Waals surface area contributed by atoms with Crippen LogP contribution in [0.2, 0.25) is 0 Å². The molecule has 1 N–H and O–H groups in total. The van der Waals surface area contributed by atoms with Gasteiger partial charge in [0.15, 0.2) is 18.3 Å². The Bertz CT molecular complexity index is 961. The number of para-hydroxylation sites is 1. The maximum Gasteiger partial charge on any atom is 0.262 e. The molecule has 124 valence electrons. The van der Waals surface area contributed by atoms with E-state index in [0.29, 0.717) is 17.4 Å². The molecule has 0 saturated heterocycles. The summed E-state index contributed by atoms with van der Waals surface area (Å²) >= 11 is 0. The highest BCUT2D eigenvalue weighted by atomic mass is 16.5. The van der Waals surface area contributed by atoms with Crippen molar-refractivity contribution < 1.29 is 9.53 Å². The quantitative estimate of drug-likeness (QED) is 0.800. The molecule has 0 bridgehead atoms. The van der Waals surface area contributed by atoms with Crippen LogP contribution in [-0.4, -0.2) is 27.3 Å². The smallest absolute Gasteiger partial charge is 0.262 e. The summed E-state index contributed by atoms with van der Waals surface area (Å²) < 4.78 is 7.43. The van der Waals surface area contributed by atoms with Crippen molar-refractivity contribution in [1.29, 1.82) is 0 Å². The molecular weight excluding hydrogens is 316 g/mol. The Balaban J connectivity index is 1.62. The summed E-state index contributed by atoms with van der Waals surface area (Å²) in [5, 5.41) is 7.55. The van der Waals surface area contributed by atoms with Crippen LogP contribution in [0.25, 0.3) is 17.1 Å². The summed E-state index contributed by atoms with van der Waals surface area (Å²) in [7, 11) is 0. The molecule has 0 atom stereocenters. The molecular formula is C19H16N4O2. The second-order valence-electron chi connectivity index (χ2n) is 6.36. The molecule has 1 fully saturated rings. The Labute approximate surface area is 144 Å². The van der Waals surface area contributed by atoms with E-state index in [1.54, 1.807) is 0 Å². The highest BCUT2D eigenvalue weighted by molar-refractivity contribution is 5.95. The monoisotopic (exact) mass is 332 g/mol. The molecule has 0 radical (unpaired) electrons. The minimum absolute atomic E-state index is 0.0369. The fraction of sp³-hybridized carbons (Fsp3) is 0.211. The fourth-order valence-electron chi connectivity index (χ4n) is 2.99. The molecule has 6 heteroatoms. The van der Waals surface area contributed by atoms with Crippen LogP contribution < -0.4 is 10.1 Å². The lowest BCUT2D eigenvalue weighted by molar-refractivity contribution is -0.118. The summed E-state index contributed by atoms with van der Waals surface area (Å²) in [4.78, 5) is 16.2. The number of anilines is 1. The zero-order valence-corrected chi connectivity index (χ0v) is 13.5. The Hall–Kier alpha value is -3.15. The second-order valence-corrected chi connectivity index (χ2v) is 6.36. The van der Waals surface area contributed by atoms with Crippen molar-refractivity contribution in [2.24, 2.45) is 0 Å². The van der Waals surface area contributed by atoms with Crippen molar-refractivity contribution in [2.45, 2.75) is 18.8 Å². The van der Waals surface area contributed by atoms with Crippen molar-refractivity contribution in [3.05, 3.63) is 54.4 Å². The number of nitrogens with zero attached hydrogens (tertiary/aromatic N) is 3. The van der Waals surface area contributed by atoms with E-state index in [2.05, 4.69) is 5.32 Å². The van der Waals surface area contributed by atoms with E-state index in [9.17, 15) is 4.79 Å². The van der Waals surface area contributed by atoms with Gasteiger partial charge in [-0.3, -0.25) is 4.79 Å². The zero-order valence-electron chi connectivity index (χ0n) is 13.5. The molecule has 6 nitrogen and oxygen atoms in total. The Morgan fingerprint density at radius 1 is 1.12 bits per heavy atom. The maximum absolute atomic E-state index is 11.4. The molecule has 0 unspecified atom stereocenters. The number of fused-ring (bicyclic) bond motifs is 1. The van der Waals surface area contributed by atoms with Crippen molar-refractivity contribution in [2.75, 3.05) is 11.9 Å². The summed E-state index contributed by atoms with van der Waals surface area (Å²) in [5.74, 6) is 2.68. The van der Waals surface area contributed by atoms with Crippen LogP contribution in [0.1, 0.15) is 24.6 Å². The van der Waals surface area contributed by atoms with Crippen molar-refractivity contribution in [3.8, 4) is 22.8 Å². The molecule has 1 aliphatic heterocycles. The number of carbonyl (C=O) groups excluding carboxylic acids is 1. The summed E-state index contributed by atoms with van der Waals surface area (Å²) in [6, 6.07) is 15.7. The number of amides is 1. The topological polar surface area (TPSA) is 69.0 Å². The Kier molecular flexibility index (Phi) is 3.09. The third kappa shape index (κ3) is 2.55. The van der Waals surface area contributed by atoms with Crippen molar-refractivity contribution in [3.63, 3.8) is 0 Å². The van der Waals surface area contributed by atoms with Crippen LogP contribution in [-0.2, 0) is 4.79 Å². The van der Waals surface area contributed by atoms with Crippen LogP contribution >= 0.6 is 0 Å². The van der Waals surface area contributed by atoms with Gasteiger partial charge in [0.25, 0.3) is 5.91 Å². The van der Waals surface area contributed by atoms with Crippen LogP contribution in [0.5, 0.6) is 5.75 Å². The molecule has 1 aliphatic carbocycles. The predicted octanol–water partition coefficient (Wildman–Crippen LogP) is 3.14. The number of carbonyl (C=O) groups is 1. The minimum atomic E-state index is -0.135. The van der Waals surface area contributed by atoms with Gasteiger partial charge in [0.05, 0.1) is 11.4 Å². The van der Waals surface area contributed by atoms with Gasteiger partial charge in [0.1, 0.15) is 5.75 Å². The molecule has 0 spiro atoms. The number of hydrogen-bond donors (Lipinski definition) is 1. The first-order valence-corrected chi connectivity index (χ1v) is 8.37. The molecule has 1 aromatic heterocycles. The van der Waals surface area contributed by atoms with Gasteiger partial charge in [-0.2, -0.15) is 5.10 Å². The predicted molar refractivity (Wildman–Crippen MR) is 92.9 cm³/mol. The minimum Gasteiger partial charge on any atom is -0.482 e. The first-order chi connectivity index (χ1) is 12.3. The molecule has 1 amide bonds. The molecule has 5 rings (SSSR count). The van der Waals surface area contributed by atoms with Gasteiger partial charge in [0.2, 0.25) is 0 Å². The van der Waals surface area contributed by atoms with E-state index in [1.807, 2.05) is 53.2 Å². The zero-order chi connectivity index (χ0) is 16.8. The molecule has 3 aromatic rings. The van der Waals surface area contributed by atoms with Crippen LogP contribution in [0.4, 0.5) is 5.69 Å². The molecule has 2 aromatic carbocycles. The molecule has 2 aliphatic rings. The highest BCUT2D eigenvalue weighted by Gasteiger charge is 2.30. The molecule has 1 saturated carbocycles. The lowest BCUT2D eigenvalue weighted by Gasteiger charge is -2.18. The number of rotatable bonds is 3. The van der Waals surface area contributed by atoms with E-state index in [-0.39, 0.29) is 12.5 Å². The first kappa shape index (κ1) is 14.2. The average Bonchev–Trinajstić information content (AvgIpc) is 3.41. The lowest BCUT2D eigenvalue weighted by Crippen LogP contribution is -2.25. The molecule has 2 heterocycles. The van der Waals surface area contributed by atoms with E-state index in [0.717, 1.165) is 35.7 Å². The number of aromatic nitrogens is 3. The standard InChI is InChI=1S/C19H16N4O2/c24-17-11-25-16-10-13(8-9-15(16)20-17)19-21-18(12-6-7-12)22-23(19)14-4-2-1-3-5-14/h1-5,8-10,12H,6-7,11H2,(H,20,24). The largest absolute Gasteiger partial charge is 0.482 e. The number of nitrogens with one attached hydrogen (secondary N) is 1. The van der Waals surface area contributed by atoms with Gasteiger partial charge in [-0.15, -0.1) is 0 Å². The van der Waals surface area contributed by atoms with Crippen molar-refractivity contribution >= 4 is 11.6 Å². The van der Waals surface area contributed by atoms with E-state index >= 15 is 0 Å². The van der Waals surface area contributed by atoms with Gasteiger partial charge in [0, 0.05) is 11.5 Å². The summed E-state index contributed by atoms with van der Waals surface area (Å²) in [6.45, 7) is 0.0369. The number of benzene rings is 2. The SMILES string of the molecule is O=C1COc2cc(-c3nc(C4CC4)nn3-c3ccccc3)ccc2N1. The van der Waals surface area contributed by atoms with Gasteiger partial charge in [-0.1, -0.05) is 18.2 Å². The van der Waals surface area contributed by atoms with Gasteiger partial charge < -0.3 is 10.1 Å². The third-order valence-corrected chi connectivity index (χ3v) is 4.44. The van der Waals surface area contributed by atoms with E-state index < -0.39 is 0 Å². The van der Waals surface area contributed by atoms with Crippen LogP contribution in [0, 0.1) is 0 Å². The second kappa shape index (κ2) is 5.44. The lowest BCUT2D eigenvalue weighted by atomic mass is 10.1. The number of ether oxygens (including phenoxy) is 1. The van der Waals surface area contributed by atoms with Crippen LogP contribution in [0.3, 0.4) is 0 Å². The Morgan fingerprint density at radius 2 is 1.96 bits per heavy atom. The van der Waals surface area contributed by atoms with Gasteiger partial charge in [-0.25, -0.2) is 9.67 Å². The fourth-order valence-corrected chi connectivity index (χ4v) is 2.99. The summed E-state index contributed by atoms with van der Waals surface area (Å²) in [5.41, 5.74) is 2.58. The summed E-state index contributed by atoms with van der Waals surface area (Å²) in [6.07, 6.45) is 2.30. The normalized spacial score (nSPS) is 16.1. The molecule has 25 heavy (non-hydrogen) atoms. The number of hydrogen-bond acceptors (Lipinski definition) is 4. The Morgan fingerprint density at radius 3 is 2.76 bits per heavy atom. The average molecular weight is 332 g/mol.